The van der Waals surface area contributed by atoms with Crippen molar-refractivity contribution in [2.24, 2.45) is 5.92 Å². The predicted octanol–water partition coefficient (Wildman–Crippen LogP) is 9.17. The third-order valence-electron chi connectivity index (χ3n) is 6.09. The number of rotatable bonds is 17. The van der Waals surface area contributed by atoms with E-state index in [0.717, 1.165) is 56.3 Å². The Bertz CT molecular complexity index is 819. The lowest BCUT2D eigenvalue weighted by Crippen LogP contribution is -2.38. The third-order valence-corrected chi connectivity index (χ3v) is 6.09. The van der Waals surface area contributed by atoms with Gasteiger partial charge in [0.25, 0.3) is 0 Å². The minimum Gasteiger partial charge on any atom is -0.296 e. The van der Waals surface area contributed by atoms with Gasteiger partial charge in [-0.1, -0.05) is 87.6 Å². The molecule has 0 saturated heterocycles. The fourth-order valence-electron chi connectivity index (χ4n) is 3.96. The predicted molar refractivity (Wildman–Crippen MR) is 156 cm³/mol. The fourth-order valence-corrected chi connectivity index (χ4v) is 3.96. The van der Waals surface area contributed by atoms with Crippen LogP contribution in [0.3, 0.4) is 0 Å². The van der Waals surface area contributed by atoms with E-state index in [9.17, 15) is 0 Å². The van der Waals surface area contributed by atoms with Crippen molar-refractivity contribution >= 4 is 0 Å². The van der Waals surface area contributed by atoms with Crippen LogP contribution >= 0.6 is 0 Å². The molecular formula is C33H49N. The molecule has 0 radical (unpaired) electrons. The highest BCUT2D eigenvalue weighted by Crippen LogP contribution is 2.23. The summed E-state index contributed by atoms with van der Waals surface area (Å²) in [5.74, 6) is 3.30. The zero-order valence-corrected chi connectivity index (χ0v) is 22.8. The van der Waals surface area contributed by atoms with Crippen LogP contribution in [0.5, 0.6) is 0 Å². The molecule has 1 nitrogen and oxygen atoms in total. The average molecular weight is 460 g/mol. The molecular weight excluding hydrogens is 410 g/mol. The monoisotopic (exact) mass is 459 g/mol. The highest BCUT2D eigenvalue weighted by atomic mass is 15.1. The van der Waals surface area contributed by atoms with Crippen molar-refractivity contribution in [3.63, 3.8) is 0 Å². The Labute approximate surface area is 212 Å². The summed E-state index contributed by atoms with van der Waals surface area (Å²) >= 11 is 0. The number of nitrogens with zero attached hydrogens (tertiary/aromatic N) is 1. The first-order chi connectivity index (χ1) is 16.4. The molecule has 0 aromatic rings. The van der Waals surface area contributed by atoms with Gasteiger partial charge < -0.3 is 0 Å². The molecule has 0 heterocycles. The molecule has 0 aliphatic rings. The Morgan fingerprint density at radius 1 is 1.12 bits per heavy atom. The van der Waals surface area contributed by atoms with E-state index in [1.807, 2.05) is 25.2 Å². The maximum atomic E-state index is 5.65. The van der Waals surface area contributed by atoms with Gasteiger partial charge in [0.2, 0.25) is 0 Å². The highest BCUT2D eigenvalue weighted by Gasteiger charge is 2.20. The topological polar surface area (TPSA) is 3.24 Å². The largest absolute Gasteiger partial charge is 0.296 e. The van der Waals surface area contributed by atoms with E-state index < -0.39 is 0 Å². The molecule has 0 fully saturated rings. The first kappa shape index (κ1) is 31.4. The second kappa shape index (κ2) is 19.9. The van der Waals surface area contributed by atoms with Crippen molar-refractivity contribution in [3.8, 4) is 12.3 Å². The normalized spacial score (nSPS) is 15.4. The van der Waals surface area contributed by atoms with Crippen LogP contribution in [0, 0.1) is 18.3 Å². The molecule has 0 aromatic carbocycles. The van der Waals surface area contributed by atoms with Gasteiger partial charge in [-0.05, 0) is 101 Å². The third kappa shape index (κ3) is 13.2. The van der Waals surface area contributed by atoms with Crippen molar-refractivity contribution in [1.29, 1.82) is 0 Å². The van der Waals surface area contributed by atoms with Crippen molar-refractivity contribution in [1.82, 2.24) is 4.90 Å². The Hall–Kier alpha value is -2.56. The van der Waals surface area contributed by atoms with Gasteiger partial charge in [0.05, 0.1) is 0 Å². The molecule has 186 valence electrons. The molecule has 2 unspecified atom stereocenters. The van der Waals surface area contributed by atoms with E-state index in [0.29, 0.717) is 5.92 Å². The summed E-state index contributed by atoms with van der Waals surface area (Å²) in [7, 11) is 0. The van der Waals surface area contributed by atoms with Crippen LogP contribution in [-0.2, 0) is 0 Å². The first-order valence-corrected chi connectivity index (χ1v) is 12.8. The quantitative estimate of drug-likeness (QED) is 0.119. The minimum absolute atomic E-state index is 0.241. The second-order valence-electron chi connectivity index (χ2n) is 8.94. The van der Waals surface area contributed by atoms with Crippen molar-refractivity contribution in [2.45, 2.75) is 79.7 Å². The van der Waals surface area contributed by atoms with Crippen molar-refractivity contribution < 1.29 is 0 Å². The molecule has 1 heteroatoms. The fraction of sp³-hybridized carbons (Fsp3) is 0.455. The van der Waals surface area contributed by atoms with E-state index >= 15 is 0 Å². The lowest BCUT2D eigenvalue weighted by molar-refractivity contribution is 0.200. The zero-order chi connectivity index (χ0) is 25.8. The molecule has 0 bridgehead atoms. The van der Waals surface area contributed by atoms with Gasteiger partial charge in [0.1, 0.15) is 0 Å². The highest BCUT2D eigenvalue weighted by molar-refractivity contribution is 5.44. The summed E-state index contributed by atoms with van der Waals surface area (Å²) in [6.45, 7) is 23.6. The van der Waals surface area contributed by atoms with Crippen LogP contribution in [0.25, 0.3) is 0 Å². The van der Waals surface area contributed by atoms with Crippen LogP contribution < -0.4 is 0 Å². The Kier molecular flexibility index (Phi) is 18.4. The van der Waals surface area contributed by atoms with Gasteiger partial charge >= 0.3 is 0 Å². The molecule has 0 aliphatic carbocycles. The smallest absolute Gasteiger partial charge is 0.0320 e. The summed E-state index contributed by atoms with van der Waals surface area (Å²) in [6.07, 6.45) is 31.8. The van der Waals surface area contributed by atoms with E-state index in [1.165, 1.54) is 11.1 Å². The minimum atomic E-state index is 0.241. The van der Waals surface area contributed by atoms with Crippen molar-refractivity contribution in [2.75, 3.05) is 13.1 Å². The molecule has 0 spiro atoms. The first-order valence-electron chi connectivity index (χ1n) is 12.8. The number of unbranched alkanes of at least 4 members (excludes halogenated alkanes) is 1. The standard InChI is InChI=1S/C33H49N/c1-10-15-16-17-18-19-20-23-33(22-12-3)30(8)31(9)34(26-13-4)27-28(6)24-25-32(14-5)29(7)21-11-2/h3,10-11,14-17,20-23,28,31H,2,8,13,18-19,24-27H2,1,4-7,9H3/b15-10-,17-16-,23-20-,29-21-,32-14-,33-22+. The van der Waals surface area contributed by atoms with Crippen LogP contribution in [0.2, 0.25) is 0 Å². The van der Waals surface area contributed by atoms with Gasteiger partial charge in [-0.3, -0.25) is 4.90 Å². The van der Waals surface area contributed by atoms with Gasteiger partial charge in [0, 0.05) is 12.6 Å². The molecule has 0 saturated carbocycles. The molecule has 0 amide bonds. The zero-order valence-electron chi connectivity index (χ0n) is 22.8. The average Bonchev–Trinajstić information content (AvgIpc) is 2.82. The SMILES string of the molecule is C#C/C=C(\C=C/CC/C=C\C=C/C)C(=C)C(C)N(CCC)CC(C)CCC(=C/C)/C(C)=C\C=C. The van der Waals surface area contributed by atoms with E-state index in [4.69, 9.17) is 6.42 Å². The van der Waals surface area contributed by atoms with E-state index in [-0.39, 0.29) is 6.04 Å². The number of terminal acetylenes is 1. The van der Waals surface area contributed by atoms with Crippen LogP contribution in [0.4, 0.5) is 0 Å². The van der Waals surface area contributed by atoms with Crippen LogP contribution in [0.1, 0.15) is 73.6 Å². The van der Waals surface area contributed by atoms with E-state index in [1.54, 1.807) is 0 Å². The summed E-state index contributed by atoms with van der Waals surface area (Å²) < 4.78 is 0. The van der Waals surface area contributed by atoms with Gasteiger partial charge in [-0.2, -0.15) is 0 Å². The van der Waals surface area contributed by atoms with Crippen LogP contribution in [-0.4, -0.2) is 24.0 Å². The Morgan fingerprint density at radius 2 is 1.82 bits per heavy atom. The summed E-state index contributed by atoms with van der Waals surface area (Å²) in [4.78, 5) is 2.56. The molecule has 0 aromatic heterocycles. The molecule has 2 atom stereocenters. The molecule has 0 rings (SSSR count). The summed E-state index contributed by atoms with van der Waals surface area (Å²) in [5, 5.41) is 0. The number of hydrogen-bond donors (Lipinski definition) is 0. The van der Waals surface area contributed by atoms with Crippen molar-refractivity contribution in [3.05, 3.63) is 96.2 Å². The Morgan fingerprint density at radius 3 is 2.41 bits per heavy atom. The van der Waals surface area contributed by atoms with Crippen LogP contribution in [0.15, 0.2) is 96.2 Å². The Balaban J connectivity index is 5.18. The summed E-state index contributed by atoms with van der Waals surface area (Å²) in [5.41, 5.74) is 4.88. The lowest BCUT2D eigenvalue weighted by atomic mass is 9.94. The van der Waals surface area contributed by atoms with Gasteiger partial charge in [-0.15, -0.1) is 6.42 Å². The molecule has 0 aliphatic heterocycles. The molecule has 0 N–H and O–H groups in total. The van der Waals surface area contributed by atoms with E-state index in [2.05, 4.69) is 101 Å². The molecule has 34 heavy (non-hydrogen) atoms. The maximum absolute atomic E-state index is 5.65. The lowest BCUT2D eigenvalue weighted by Gasteiger charge is -2.33. The number of allylic oxidation sites excluding steroid dienone is 12. The second-order valence-corrected chi connectivity index (χ2v) is 8.94. The summed E-state index contributed by atoms with van der Waals surface area (Å²) in [6, 6.07) is 0.241. The number of hydrogen-bond acceptors (Lipinski definition) is 1. The van der Waals surface area contributed by atoms with Gasteiger partial charge in [-0.25, -0.2) is 0 Å². The maximum Gasteiger partial charge on any atom is 0.0320 e. The van der Waals surface area contributed by atoms with Gasteiger partial charge in [0.15, 0.2) is 0 Å².